The van der Waals surface area contributed by atoms with Crippen molar-refractivity contribution in [2.75, 3.05) is 5.32 Å². The van der Waals surface area contributed by atoms with Gasteiger partial charge in [-0.25, -0.2) is 4.98 Å². The van der Waals surface area contributed by atoms with Crippen molar-refractivity contribution in [2.24, 2.45) is 0 Å². The van der Waals surface area contributed by atoms with Gasteiger partial charge in [0.25, 0.3) is 5.56 Å². The predicted octanol–water partition coefficient (Wildman–Crippen LogP) is 3.24. The Balaban J connectivity index is 2.41. The second kappa shape index (κ2) is 4.89. The fourth-order valence-electron chi connectivity index (χ4n) is 1.33. The summed E-state index contributed by atoms with van der Waals surface area (Å²) in [7, 11) is 0. The third kappa shape index (κ3) is 2.68. The molecule has 0 aliphatic rings. The zero-order valence-electron chi connectivity index (χ0n) is 8.92. The lowest BCUT2D eigenvalue weighted by molar-refractivity contribution is 1.10. The quantitative estimate of drug-likeness (QED) is 0.894. The first kappa shape index (κ1) is 12.1. The summed E-state index contributed by atoms with van der Waals surface area (Å²) in [5, 5.41) is 3.68. The predicted molar refractivity (Wildman–Crippen MR) is 72.0 cm³/mol. The monoisotopic (exact) mass is 313 g/mol. The zero-order valence-corrected chi connectivity index (χ0v) is 11.3. The normalized spacial score (nSPS) is 10.3. The molecule has 0 radical (unpaired) electrons. The molecular weight excluding hydrogens is 305 g/mol. The van der Waals surface area contributed by atoms with E-state index in [1.165, 1.54) is 6.33 Å². The first-order valence-electron chi connectivity index (χ1n) is 4.84. The lowest BCUT2D eigenvalue weighted by Gasteiger charge is -2.09. The molecule has 88 valence electrons. The number of benzene rings is 1. The first-order valence-corrected chi connectivity index (χ1v) is 6.01. The molecular formula is C11H9BrClN3O. The molecule has 2 aromatic rings. The van der Waals surface area contributed by atoms with E-state index in [2.05, 4.69) is 31.2 Å². The Labute approximate surface area is 111 Å². The third-order valence-corrected chi connectivity index (χ3v) is 3.22. The molecule has 0 spiro atoms. The lowest BCUT2D eigenvalue weighted by Crippen LogP contribution is -2.10. The van der Waals surface area contributed by atoms with Gasteiger partial charge in [0.05, 0.1) is 6.33 Å². The van der Waals surface area contributed by atoms with Gasteiger partial charge in [0.2, 0.25) is 0 Å². The van der Waals surface area contributed by atoms with Gasteiger partial charge in [-0.1, -0.05) is 17.7 Å². The number of hydrogen-bond donors (Lipinski definition) is 2. The maximum atomic E-state index is 11.4. The number of halogens is 2. The molecule has 0 amide bonds. The number of aromatic nitrogens is 2. The van der Waals surface area contributed by atoms with E-state index >= 15 is 0 Å². The molecule has 0 aliphatic heterocycles. The molecule has 0 bridgehead atoms. The van der Waals surface area contributed by atoms with Gasteiger partial charge in [0.15, 0.2) is 5.82 Å². The summed E-state index contributed by atoms with van der Waals surface area (Å²) >= 11 is 9.09. The molecule has 0 saturated carbocycles. The highest BCUT2D eigenvalue weighted by molar-refractivity contribution is 9.10. The number of H-pyrrole nitrogens is 1. The molecule has 17 heavy (non-hydrogen) atoms. The Hall–Kier alpha value is -1.33. The molecule has 0 unspecified atom stereocenters. The fraction of sp³-hybridized carbons (Fsp3) is 0.0909. The van der Waals surface area contributed by atoms with Crippen LogP contribution in [0.15, 0.2) is 33.8 Å². The van der Waals surface area contributed by atoms with Crippen LogP contribution in [0.2, 0.25) is 5.02 Å². The van der Waals surface area contributed by atoms with Crippen LogP contribution in [-0.4, -0.2) is 9.97 Å². The Morgan fingerprint density at radius 3 is 3.00 bits per heavy atom. The van der Waals surface area contributed by atoms with Crippen LogP contribution in [-0.2, 0) is 0 Å². The van der Waals surface area contributed by atoms with Gasteiger partial charge in [-0.2, -0.15) is 0 Å². The van der Waals surface area contributed by atoms with Crippen LogP contribution in [0.25, 0.3) is 0 Å². The molecule has 0 aliphatic carbocycles. The molecule has 6 heteroatoms. The van der Waals surface area contributed by atoms with Crippen molar-refractivity contribution in [1.82, 2.24) is 9.97 Å². The highest BCUT2D eigenvalue weighted by atomic mass is 79.9. The SMILES string of the molecule is Cc1ccc(Cl)cc1Nc1nc[nH]c(=O)c1Br. The van der Waals surface area contributed by atoms with E-state index in [4.69, 9.17) is 11.6 Å². The van der Waals surface area contributed by atoms with E-state index in [0.29, 0.717) is 15.3 Å². The smallest absolute Gasteiger partial charge is 0.267 e. The highest BCUT2D eigenvalue weighted by Gasteiger charge is 2.07. The minimum Gasteiger partial charge on any atom is -0.339 e. The molecule has 0 saturated heterocycles. The molecule has 0 fully saturated rings. The van der Waals surface area contributed by atoms with Crippen LogP contribution in [0.1, 0.15) is 5.56 Å². The second-order valence-corrected chi connectivity index (χ2v) is 4.71. The summed E-state index contributed by atoms with van der Waals surface area (Å²) in [6.07, 6.45) is 1.34. The van der Waals surface area contributed by atoms with Gasteiger partial charge < -0.3 is 10.3 Å². The van der Waals surface area contributed by atoms with E-state index in [0.717, 1.165) is 11.3 Å². The topological polar surface area (TPSA) is 57.8 Å². The first-order chi connectivity index (χ1) is 8.08. The maximum Gasteiger partial charge on any atom is 0.267 e. The van der Waals surface area contributed by atoms with Gasteiger partial charge >= 0.3 is 0 Å². The summed E-state index contributed by atoms with van der Waals surface area (Å²) in [6.45, 7) is 1.94. The van der Waals surface area contributed by atoms with Crippen molar-refractivity contribution in [3.05, 3.63) is 49.9 Å². The number of anilines is 2. The number of aryl methyl sites for hydroxylation is 1. The van der Waals surface area contributed by atoms with E-state index < -0.39 is 0 Å². The maximum absolute atomic E-state index is 11.4. The summed E-state index contributed by atoms with van der Waals surface area (Å²) in [5.41, 5.74) is 1.60. The lowest BCUT2D eigenvalue weighted by atomic mass is 10.2. The Morgan fingerprint density at radius 1 is 1.47 bits per heavy atom. The Morgan fingerprint density at radius 2 is 2.24 bits per heavy atom. The minimum absolute atomic E-state index is 0.234. The van der Waals surface area contributed by atoms with E-state index in [9.17, 15) is 4.79 Å². The summed E-state index contributed by atoms with van der Waals surface area (Å²) in [5.74, 6) is 0.458. The molecule has 0 atom stereocenters. The average molecular weight is 315 g/mol. The standard InChI is InChI=1S/C11H9BrClN3O/c1-6-2-3-7(13)4-8(6)16-10-9(12)11(17)15-5-14-10/h2-5H,1H3,(H2,14,15,16,17). The van der Waals surface area contributed by atoms with Crippen molar-refractivity contribution >= 4 is 39.0 Å². The number of nitrogens with one attached hydrogen (secondary N) is 2. The van der Waals surface area contributed by atoms with Crippen molar-refractivity contribution < 1.29 is 0 Å². The van der Waals surface area contributed by atoms with Gasteiger partial charge in [-0.15, -0.1) is 0 Å². The van der Waals surface area contributed by atoms with Crippen LogP contribution in [0.3, 0.4) is 0 Å². The van der Waals surface area contributed by atoms with E-state index in [-0.39, 0.29) is 5.56 Å². The summed E-state index contributed by atoms with van der Waals surface area (Å²) < 4.78 is 0.361. The van der Waals surface area contributed by atoms with Crippen molar-refractivity contribution in [1.29, 1.82) is 0 Å². The van der Waals surface area contributed by atoms with Crippen LogP contribution in [0.5, 0.6) is 0 Å². The number of rotatable bonds is 2. The minimum atomic E-state index is -0.234. The van der Waals surface area contributed by atoms with Crippen molar-refractivity contribution in [3.63, 3.8) is 0 Å². The number of aromatic amines is 1. The van der Waals surface area contributed by atoms with Gasteiger partial charge in [-0.05, 0) is 40.5 Å². The number of hydrogen-bond acceptors (Lipinski definition) is 3. The average Bonchev–Trinajstić information content (AvgIpc) is 2.30. The van der Waals surface area contributed by atoms with Crippen LogP contribution in [0, 0.1) is 6.92 Å². The van der Waals surface area contributed by atoms with E-state index in [1.807, 2.05) is 19.1 Å². The van der Waals surface area contributed by atoms with Crippen molar-refractivity contribution in [2.45, 2.75) is 6.92 Å². The fourth-order valence-corrected chi connectivity index (χ4v) is 1.81. The number of nitrogens with zero attached hydrogens (tertiary/aromatic N) is 1. The molecule has 2 N–H and O–H groups in total. The highest BCUT2D eigenvalue weighted by Crippen LogP contribution is 2.25. The third-order valence-electron chi connectivity index (χ3n) is 2.25. The largest absolute Gasteiger partial charge is 0.339 e. The van der Waals surface area contributed by atoms with Gasteiger partial charge in [-0.3, -0.25) is 4.79 Å². The Bertz CT molecular complexity index is 612. The molecule has 1 aromatic carbocycles. The molecule has 1 heterocycles. The summed E-state index contributed by atoms with van der Waals surface area (Å²) in [4.78, 5) is 17.9. The van der Waals surface area contributed by atoms with Crippen LogP contribution >= 0.6 is 27.5 Å². The summed E-state index contributed by atoms with van der Waals surface area (Å²) in [6, 6.07) is 5.49. The van der Waals surface area contributed by atoms with Crippen LogP contribution in [0.4, 0.5) is 11.5 Å². The molecule has 2 rings (SSSR count). The van der Waals surface area contributed by atoms with Gasteiger partial charge in [0.1, 0.15) is 4.47 Å². The molecule has 4 nitrogen and oxygen atoms in total. The zero-order chi connectivity index (χ0) is 12.4. The van der Waals surface area contributed by atoms with Crippen LogP contribution < -0.4 is 10.9 Å². The van der Waals surface area contributed by atoms with Gasteiger partial charge in [0, 0.05) is 10.7 Å². The molecule has 1 aromatic heterocycles. The van der Waals surface area contributed by atoms with Crippen molar-refractivity contribution in [3.8, 4) is 0 Å². The second-order valence-electron chi connectivity index (χ2n) is 3.48. The Kier molecular flexibility index (Phi) is 3.49. The van der Waals surface area contributed by atoms with E-state index in [1.54, 1.807) is 6.07 Å².